The molecule has 2 atom stereocenters. The Morgan fingerprint density at radius 1 is 0.920 bits per heavy atom. The molecule has 2 aliphatic heterocycles. The van der Waals surface area contributed by atoms with Gasteiger partial charge in [-0.1, -0.05) is 60.7 Å². The molecular weight excluding hydrogens is 304 g/mol. The Kier molecular flexibility index (Phi) is 3.64. The summed E-state index contributed by atoms with van der Waals surface area (Å²) >= 11 is 0. The summed E-state index contributed by atoms with van der Waals surface area (Å²) in [5.41, 5.74) is 4.23. The first-order chi connectivity index (χ1) is 12.4. The molecule has 0 saturated carbocycles. The van der Waals surface area contributed by atoms with Crippen molar-refractivity contribution in [1.82, 2.24) is 9.88 Å². The predicted molar refractivity (Wildman–Crippen MR) is 103 cm³/mol. The van der Waals surface area contributed by atoms with Gasteiger partial charge in [0.05, 0.1) is 0 Å². The first-order valence-corrected chi connectivity index (χ1v) is 9.22. The van der Waals surface area contributed by atoms with Crippen molar-refractivity contribution in [3.63, 3.8) is 0 Å². The van der Waals surface area contributed by atoms with Gasteiger partial charge in [0.15, 0.2) is 0 Å². The first-order valence-electron chi connectivity index (χ1n) is 9.22. The summed E-state index contributed by atoms with van der Waals surface area (Å²) in [6.07, 6.45) is 10.3. The molecule has 3 heterocycles. The van der Waals surface area contributed by atoms with Gasteiger partial charge >= 0.3 is 0 Å². The molecule has 2 heteroatoms. The van der Waals surface area contributed by atoms with E-state index in [0.717, 1.165) is 13.0 Å². The zero-order chi connectivity index (χ0) is 16.6. The van der Waals surface area contributed by atoms with E-state index < -0.39 is 0 Å². The summed E-state index contributed by atoms with van der Waals surface area (Å²) < 4.78 is 0. The quantitative estimate of drug-likeness (QED) is 0.669. The lowest BCUT2D eigenvalue weighted by atomic mass is 9.92. The SMILES string of the molecule is C1=C(c2cncc3ccccc23)CC2CCC1N2Cc1ccccc1. The summed E-state index contributed by atoms with van der Waals surface area (Å²) in [5, 5.41) is 2.57. The largest absolute Gasteiger partial charge is 0.289 e. The van der Waals surface area contributed by atoms with Gasteiger partial charge in [-0.2, -0.15) is 0 Å². The van der Waals surface area contributed by atoms with Gasteiger partial charge in [-0.3, -0.25) is 9.88 Å². The van der Waals surface area contributed by atoms with E-state index in [9.17, 15) is 0 Å². The van der Waals surface area contributed by atoms with Gasteiger partial charge in [0, 0.05) is 42.0 Å². The maximum absolute atomic E-state index is 4.49. The predicted octanol–water partition coefficient (Wildman–Crippen LogP) is 5.06. The molecule has 0 aliphatic carbocycles. The van der Waals surface area contributed by atoms with Gasteiger partial charge in [0.25, 0.3) is 0 Å². The average molecular weight is 326 g/mol. The van der Waals surface area contributed by atoms with E-state index in [4.69, 9.17) is 0 Å². The number of benzene rings is 2. The second-order valence-corrected chi connectivity index (χ2v) is 7.26. The highest BCUT2D eigenvalue weighted by atomic mass is 15.2. The average Bonchev–Trinajstić information content (AvgIpc) is 2.90. The molecule has 2 nitrogen and oxygen atoms in total. The van der Waals surface area contributed by atoms with Crippen molar-refractivity contribution in [2.75, 3.05) is 0 Å². The minimum atomic E-state index is 0.563. The minimum Gasteiger partial charge on any atom is -0.289 e. The molecule has 5 rings (SSSR count). The van der Waals surface area contributed by atoms with Crippen molar-refractivity contribution < 1.29 is 0 Å². The molecular formula is C23H22N2. The van der Waals surface area contributed by atoms with Crippen LogP contribution < -0.4 is 0 Å². The lowest BCUT2D eigenvalue weighted by molar-refractivity contribution is 0.203. The summed E-state index contributed by atoms with van der Waals surface area (Å²) in [6, 6.07) is 20.7. The number of aromatic nitrogens is 1. The molecule has 2 unspecified atom stereocenters. The maximum Gasteiger partial charge on any atom is 0.0349 e. The van der Waals surface area contributed by atoms with Crippen LogP contribution in [-0.4, -0.2) is 22.0 Å². The Balaban J connectivity index is 1.48. The van der Waals surface area contributed by atoms with Crippen LogP contribution in [0, 0.1) is 0 Å². The minimum absolute atomic E-state index is 0.563. The van der Waals surface area contributed by atoms with Crippen LogP contribution in [0.1, 0.15) is 30.4 Å². The molecule has 2 aromatic carbocycles. The highest BCUT2D eigenvalue weighted by Gasteiger charge is 2.36. The lowest BCUT2D eigenvalue weighted by Crippen LogP contribution is -2.37. The fraction of sp³-hybridized carbons (Fsp3) is 0.261. The Hall–Kier alpha value is -2.45. The zero-order valence-corrected chi connectivity index (χ0v) is 14.3. The smallest absolute Gasteiger partial charge is 0.0349 e. The number of fused-ring (bicyclic) bond motifs is 3. The molecule has 3 aromatic rings. The number of pyridine rings is 1. The highest BCUT2D eigenvalue weighted by molar-refractivity contribution is 5.93. The van der Waals surface area contributed by atoms with Crippen molar-refractivity contribution in [2.45, 2.75) is 37.9 Å². The summed E-state index contributed by atoms with van der Waals surface area (Å²) in [4.78, 5) is 7.18. The van der Waals surface area contributed by atoms with Crippen LogP contribution in [-0.2, 0) is 6.54 Å². The Morgan fingerprint density at radius 3 is 2.64 bits per heavy atom. The van der Waals surface area contributed by atoms with E-state index in [2.05, 4.69) is 76.8 Å². The summed E-state index contributed by atoms with van der Waals surface area (Å²) in [7, 11) is 0. The van der Waals surface area contributed by atoms with Crippen molar-refractivity contribution in [3.05, 3.63) is 84.2 Å². The molecule has 25 heavy (non-hydrogen) atoms. The van der Waals surface area contributed by atoms with Crippen molar-refractivity contribution in [1.29, 1.82) is 0 Å². The summed E-state index contributed by atoms with van der Waals surface area (Å²) in [5.74, 6) is 0. The van der Waals surface area contributed by atoms with E-state index in [1.807, 2.05) is 6.20 Å². The second-order valence-electron chi connectivity index (χ2n) is 7.26. The lowest BCUT2D eigenvalue weighted by Gasteiger charge is -2.34. The van der Waals surface area contributed by atoms with Crippen LogP contribution in [0.5, 0.6) is 0 Å². The normalized spacial score (nSPS) is 23.0. The number of hydrogen-bond acceptors (Lipinski definition) is 2. The molecule has 1 fully saturated rings. The number of nitrogens with zero attached hydrogens (tertiary/aromatic N) is 2. The number of rotatable bonds is 3. The van der Waals surface area contributed by atoms with Crippen LogP contribution in [0.4, 0.5) is 0 Å². The topological polar surface area (TPSA) is 16.1 Å². The van der Waals surface area contributed by atoms with Crippen molar-refractivity contribution in [3.8, 4) is 0 Å². The van der Waals surface area contributed by atoms with Gasteiger partial charge in [-0.15, -0.1) is 0 Å². The zero-order valence-electron chi connectivity index (χ0n) is 14.3. The van der Waals surface area contributed by atoms with E-state index >= 15 is 0 Å². The van der Waals surface area contributed by atoms with Gasteiger partial charge in [0.2, 0.25) is 0 Å². The van der Waals surface area contributed by atoms with Crippen LogP contribution in [0.2, 0.25) is 0 Å². The Labute approximate surface area is 148 Å². The highest BCUT2D eigenvalue weighted by Crippen LogP contribution is 2.40. The van der Waals surface area contributed by atoms with Crippen LogP contribution >= 0.6 is 0 Å². The molecule has 0 radical (unpaired) electrons. The van der Waals surface area contributed by atoms with E-state index in [1.165, 1.54) is 40.3 Å². The molecule has 1 saturated heterocycles. The van der Waals surface area contributed by atoms with Crippen LogP contribution in [0.25, 0.3) is 16.3 Å². The van der Waals surface area contributed by atoms with Crippen LogP contribution in [0.3, 0.4) is 0 Å². The number of hydrogen-bond donors (Lipinski definition) is 0. The van der Waals surface area contributed by atoms with Crippen LogP contribution in [0.15, 0.2) is 73.1 Å². The molecule has 0 N–H and O–H groups in total. The fourth-order valence-corrected chi connectivity index (χ4v) is 4.53. The molecule has 2 bridgehead atoms. The third-order valence-corrected chi connectivity index (χ3v) is 5.76. The fourth-order valence-electron chi connectivity index (χ4n) is 4.53. The first kappa shape index (κ1) is 14.9. The molecule has 0 spiro atoms. The third kappa shape index (κ3) is 2.67. The van der Waals surface area contributed by atoms with E-state index in [-0.39, 0.29) is 0 Å². The van der Waals surface area contributed by atoms with Gasteiger partial charge < -0.3 is 0 Å². The maximum atomic E-state index is 4.49. The van der Waals surface area contributed by atoms with Gasteiger partial charge in [-0.05, 0) is 35.8 Å². The van der Waals surface area contributed by atoms with E-state index in [0.29, 0.717) is 12.1 Å². The Morgan fingerprint density at radius 2 is 1.76 bits per heavy atom. The van der Waals surface area contributed by atoms with Gasteiger partial charge in [-0.25, -0.2) is 0 Å². The molecule has 2 aliphatic rings. The second kappa shape index (κ2) is 6.12. The third-order valence-electron chi connectivity index (χ3n) is 5.76. The van der Waals surface area contributed by atoms with Gasteiger partial charge in [0.1, 0.15) is 0 Å². The molecule has 1 aromatic heterocycles. The van der Waals surface area contributed by atoms with Crippen molar-refractivity contribution in [2.24, 2.45) is 0 Å². The standard InChI is InChI=1S/C23H22N2/c1-2-6-17(7-3-1)16-25-20-10-11-21(25)13-19(12-20)23-15-24-14-18-8-4-5-9-22(18)23/h1-9,12,14-15,20-21H,10-11,13,16H2. The van der Waals surface area contributed by atoms with E-state index in [1.54, 1.807) is 0 Å². The van der Waals surface area contributed by atoms with Crippen molar-refractivity contribution >= 4 is 16.3 Å². The molecule has 124 valence electrons. The summed E-state index contributed by atoms with van der Waals surface area (Å²) in [6.45, 7) is 1.06. The Bertz CT molecular complexity index is 924. The molecule has 0 amide bonds. The monoisotopic (exact) mass is 326 g/mol.